The van der Waals surface area contributed by atoms with Crippen LogP contribution in [-0.2, 0) is 29.1 Å². The van der Waals surface area contributed by atoms with Crippen LogP contribution in [0.15, 0.2) is 35.9 Å². The van der Waals surface area contributed by atoms with Gasteiger partial charge in [-0.05, 0) is 26.0 Å². The molecule has 0 saturated carbocycles. The fraction of sp³-hybridized carbons (Fsp3) is 0.222. The van der Waals surface area contributed by atoms with Gasteiger partial charge in [-0.1, -0.05) is 6.07 Å². The summed E-state index contributed by atoms with van der Waals surface area (Å²) in [6.07, 6.45) is 3.50. The summed E-state index contributed by atoms with van der Waals surface area (Å²) >= 11 is 0. The van der Waals surface area contributed by atoms with E-state index < -0.39 is 11.9 Å². The molecule has 122 valence electrons. The predicted octanol–water partition coefficient (Wildman–Crippen LogP) is -3.69. The van der Waals surface area contributed by atoms with E-state index in [1.165, 1.54) is 0 Å². The van der Waals surface area contributed by atoms with Crippen LogP contribution in [0.4, 0.5) is 0 Å². The van der Waals surface area contributed by atoms with Crippen LogP contribution in [0.1, 0.15) is 13.8 Å². The zero-order valence-electron chi connectivity index (χ0n) is 11.7. The van der Waals surface area contributed by atoms with E-state index >= 15 is 0 Å². The first-order chi connectivity index (χ1) is 7.88. The maximum Gasteiger partial charge on any atom is 3.00 e. The molecule has 0 unspecified atom stereocenters. The van der Waals surface area contributed by atoms with E-state index in [0.717, 1.165) is 19.2 Å². The van der Waals surface area contributed by atoms with Gasteiger partial charge in [0.05, 0.1) is 0 Å². The Labute approximate surface area is 170 Å². The molecule has 8 nitrogen and oxygen atoms in total. The summed E-state index contributed by atoms with van der Waals surface area (Å²) in [5, 5.41) is 26.8. The summed E-state index contributed by atoms with van der Waals surface area (Å²) in [6, 6.07) is 5.72. The summed E-state index contributed by atoms with van der Waals surface area (Å²) in [6.45, 7) is 1.94. The minimum Gasteiger partial charge on any atom is -1.00 e. The van der Waals surface area contributed by atoms with Crippen LogP contribution in [0, 0.1) is 10.1 Å². The van der Waals surface area contributed by atoms with Crippen molar-refractivity contribution in [3.8, 4) is 0 Å². The molecule has 1 aromatic heterocycles. The molecular weight excluding hydrogens is 431 g/mol. The van der Waals surface area contributed by atoms with Crippen LogP contribution in [0.25, 0.3) is 0 Å². The molecule has 1 rings (SSSR count). The van der Waals surface area contributed by atoms with Gasteiger partial charge in [-0.25, -0.2) is 0 Å². The minimum absolute atomic E-state index is 0. The Morgan fingerprint density at radius 1 is 0.955 bits per heavy atom. The monoisotopic (exact) mass is 441 g/mol. The molecule has 0 aliphatic heterocycles. The van der Waals surface area contributed by atoms with Crippen molar-refractivity contribution in [2.45, 2.75) is 13.8 Å². The number of carboxylic acid groups (broad SMARTS) is 2. The third-order valence-electron chi connectivity index (χ3n) is 0.566. The number of aromatic nitrogens is 1. The smallest absolute Gasteiger partial charge is 1.00 e. The Morgan fingerprint density at radius 2 is 1.14 bits per heavy atom. The maximum absolute atomic E-state index is 8.89. The van der Waals surface area contributed by atoms with E-state index in [9.17, 15) is 0 Å². The number of hydrogen-bond donors (Lipinski definition) is 0. The second-order valence-corrected chi connectivity index (χ2v) is 2.08. The summed E-state index contributed by atoms with van der Waals surface area (Å²) in [7, 11) is 0. The van der Waals surface area contributed by atoms with Crippen molar-refractivity contribution in [1.82, 2.24) is 4.98 Å². The first-order valence-corrected chi connectivity index (χ1v) is 4.03. The summed E-state index contributed by atoms with van der Waals surface area (Å²) in [5.74, 6) is -2.17. The molecule has 0 amide bonds. The van der Waals surface area contributed by atoms with Gasteiger partial charge in [0.2, 0.25) is 0 Å². The van der Waals surface area contributed by atoms with Crippen molar-refractivity contribution in [3.63, 3.8) is 0 Å². The molecule has 0 N–H and O–H groups in total. The number of halogens is 3. The van der Waals surface area contributed by atoms with Gasteiger partial charge in [-0.3, -0.25) is 4.98 Å². The summed E-state index contributed by atoms with van der Waals surface area (Å²) in [4.78, 5) is 29.6. The normalized spacial score (nSPS) is 5.00. The number of rotatable bonds is 0. The quantitative estimate of drug-likeness (QED) is 0.228. The Morgan fingerprint density at radius 3 is 1.18 bits per heavy atom. The Balaban J connectivity index is -0.0000000190. The van der Waals surface area contributed by atoms with Gasteiger partial charge in [0.25, 0.3) is 0 Å². The molecular formula is C9H13AlCl3N2O6Zn-. The Bertz CT molecular complexity index is 268. The van der Waals surface area contributed by atoms with Crippen molar-refractivity contribution in [2.24, 2.45) is 5.34 Å². The number of aliphatic carboxylic acids is 2. The standard InChI is InChI=1S/C5H5N.2C2H4O2.Al.3ClH.HNO2.Zn/c1-2-4-6-5-3-1;2*1-2(3)4;;;;;2-1-3;/h1-5H;2*1H3,(H,3,4);;3*1H;(H,2,3);/q;;;+3;;;;;/p-4. The average molecular weight is 444 g/mol. The van der Waals surface area contributed by atoms with E-state index in [-0.39, 0.29) is 74.1 Å². The molecule has 0 aliphatic rings. The van der Waals surface area contributed by atoms with Crippen LogP contribution in [0.2, 0.25) is 0 Å². The number of pyridine rings is 1. The van der Waals surface area contributed by atoms with Crippen LogP contribution in [-0.4, -0.2) is 34.3 Å². The van der Waals surface area contributed by atoms with Crippen molar-refractivity contribution in [2.75, 3.05) is 0 Å². The Hall–Kier alpha value is -0.484. The number of nitrogens with zero attached hydrogens (tertiary/aromatic N) is 2. The van der Waals surface area contributed by atoms with Crippen molar-refractivity contribution < 1.29 is 51.7 Å². The van der Waals surface area contributed by atoms with Gasteiger partial charge in [-0.2, -0.15) is 0 Å². The number of hydrogen-bond acceptors (Lipinski definition) is 8. The van der Waals surface area contributed by atoms with Gasteiger partial charge < -0.3 is 42.3 Å². The van der Waals surface area contributed by atoms with Crippen LogP contribution < -0.4 is 22.6 Å². The van der Waals surface area contributed by atoms with E-state index in [4.69, 9.17) is 29.9 Å². The van der Waals surface area contributed by atoms with Gasteiger partial charge in [0.1, 0.15) is 0 Å². The molecule has 13 heteroatoms. The van der Waals surface area contributed by atoms with E-state index in [2.05, 4.69) is 4.98 Å². The number of carboxylic acids is 2. The largest absolute Gasteiger partial charge is 3.00 e. The van der Waals surface area contributed by atoms with Crippen LogP contribution >= 0.6 is 24.8 Å². The third kappa shape index (κ3) is 220. The maximum atomic E-state index is 8.89. The van der Waals surface area contributed by atoms with Crippen molar-refractivity contribution >= 4 is 54.1 Å². The fourth-order valence-electron chi connectivity index (χ4n) is 0.313. The topological polar surface area (TPSA) is 146 Å². The molecule has 0 radical (unpaired) electrons. The van der Waals surface area contributed by atoms with Crippen molar-refractivity contribution in [1.29, 1.82) is 0 Å². The van der Waals surface area contributed by atoms with Gasteiger partial charge in [-0.15, -0.1) is 30.2 Å². The predicted molar refractivity (Wildman–Crippen MR) is 75.0 cm³/mol. The fourth-order valence-corrected chi connectivity index (χ4v) is 0.313. The molecule has 0 bridgehead atoms. The molecule has 0 aliphatic carbocycles. The molecule has 1 aromatic rings. The van der Waals surface area contributed by atoms with Crippen LogP contribution in [0.3, 0.4) is 0 Å². The van der Waals surface area contributed by atoms with Gasteiger partial charge in [0, 0.05) is 43.8 Å². The number of carbonyl (C=O) groups excluding carboxylic acids is 2. The third-order valence-corrected chi connectivity index (χ3v) is 0.566. The molecule has 0 spiro atoms. The number of carbonyl (C=O) groups is 2. The first-order valence-electron chi connectivity index (χ1n) is 4.03. The second-order valence-electron chi connectivity index (χ2n) is 2.08. The molecule has 0 atom stereocenters. The van der Waals surface area contributed by atoms with Crippen LogP contribution in [0.5, 0.6) is 0 Å². The molecule has 0 saturated heterocycles. The summed E-state index contributed by atoms with van der Waals surface area (Å²) < 4.78 is 0. The first kappa shape index (κ1) is 49.6. The zero-order valence-corrected chi connectivity index (χ0v) is 18.2. The van der Waals surface area contributed by atoms with E-state index in [1.54, 1.807) is 12.4 Å². The van der Waals surface area contributed by atoms with Gasteiger partial charge in [0.15, 0.2) is 0 Å². The second kappa shape index (κ2) is 49.9. The Kier molecular flexibility index (Phi) is 112. The molecule has 0 fully saturated rings. The molecule has 22 heavy (non-hydrogen) atoms. The average Bonchev–Trinajstić information content (AvgIpc) is 2.19. The summed E-state index contributed by atoms with van der Waals surface area (Å²) in [5.41, 5.74) is 0. The van der Waals surface area contributed by atoms with E-state index in [0.29, 0.717) is 0 Å². The van der Waals surface area contributed by atoms with E-state index in [1.807, 2.05) is 18.2 Å². The van der Waals surface area contributed by atoms with Crippen molar-refractivity contribution in [3.05, 3.63) is 40.7 Å². The zero-order chi connectivity index (χ0) is 14.1. The minimum atomic E-state index is -1.08. The molecule has 0 aromatic carbocycles. The molecule has 1 heterocycles. The SMILES string of the molecule is CC(=O)[O-].CC(=O)[O-].Cl.Cl.O=N[O-].[Al+3].[Cl-].[Zn].c1ccncc1. The van der Waals surface area contributed by atoms with Gasteiger partial charge >= 0.3 is 17.4 Å².